The minimum absolute atomic E-state index is 0. The van der Waals surface area contributed by atoms with Crippen LogP contribution in [0.25, 0.3) is 0 Å². The van der Waals surface area contributed by atoms with Crippen molar-refractivity contribution in [1.82, 2.24) is 0 Å². The van der Waals surface area contributed by atoms with Crippen LogP contribution in [0, 0.1) is 0 Å². The summed E-state index contributed by atoms with van der Waals surface area (Å²) >= 11 is 0. The van der Waals surface area contributed by atoms with Gasteiger partial charge in [0.15, 0.2) is 0 Å². The van der Waals surface area contributed by atoms with E-state index >= 15 is 0 Å². The molecule has 72 valence electrons. The molecule has 7 nitrogen and oxygen atoms in total. The fourth-order valence-electron chi connectivity index (χ4n) is 0.0630. The number of carbonyl (C=O) groups is 2. The summed E-state index contributed by atoms with van der Waals surface area (Å²) in [5, 5.41) is 21.5. The second kappa shape index (κ2) is 11.3. The number of halogens is 2. The van der Waals surface area contributed by atoms with Gasteiger partial charge in [-0.05, 0) is 0 Å². The van der Waals surface area contributed by atoms with Crippen molar-refractivity contribution in [2.24, 2.45) is 0 Å². The summed E-state index contributed by atoms with van der Waals surface area (Å²) in [5.41, 5.74) is 0. The second-order valence-electron chi connectivity index (χ2n) is 1.08. The van der Waals surface area contributed by atoms with Gasteiger partial charge >= 0.3 is 38.1 Å². The second-order valence-corrected chi connectivity index (χ2v) is 1.08. The van der Waals surface area contributed by atoms with Gasteiger partial charge in [-0.2, -0.15) is 0 Å². The molecular formula is C2H4BF2LiO7. The smallest absolute Gasteiger partial charge is 1.00 e. The zero-order chi connectivity index (χ0) is 10.1. The Labute approximate surface area is 83.9 Å². The van der Waals surface area contributed by atoms with Crippen LogP contribution in [0.5, 0.6) is 0 Å². The zero-order valence-corrected chi connectivity index (χ0v) is 6.31. The Morgan fingerprint density at radius 3 is 1.31 bits per heavy atom. The Morgan fingerprint density at radius 2 is 1.23 bits per heavy atom. The van der Waals surface area contributed by atoms with Crippen LogP contribution in [0.4, 0.5) is 9.05 Å². The average Bonchev–Trinajstić information content (AvgIpc) is 2.00. The molecule has 0 amide bonds. The van der Waals surface area contributed by atoms with Gasteiger partial charge < -0.3 is 16.5 Å². The average molecular weight is 196 g/mol. The SMILES string of the molecule is O=C(OF)C(=O)OF.OB(O)O.[H-].[Li+]. The van der Waals surface area contributed by atoms with Crippen molar-refractivity contribution < 1.29 is 63.9 Å². The van der Waals surface area contributed by atoms with E-state index in [1.807, 2.05) is 0 Å². The zero-order valence-electron chi connectivity index (χ0n) is 7.31. The van der Waals surface area contributed by atoms with Crippen molar-refractivity contribution in [3.8, 4) is 0 Å². The minimum atomic E-state index is -2.17. The molecular weight excluding hydrogens is 192 g/mol. The predicted molar refractivity (Wildman–Crippen MR) is 27.9 cm³/mol. The van der Waals surface area contributed by atoms with Gasteiger partial charge in [-0.3, -0.25) is 0 Å². The van der Waals surface area contributed by atoms with E-state index in [4.69, 9.17) is 15.1 Å². The molecule has 0 saturated carbocycles. The molecule has 0 fully saturated rings. The molecule has 0 aromatic carbocycles. The summed E-state index contributed by atoms with van der Waals surface area (Å²) < 4.78 is 21.0. The van der Waals surface area contributed by atoms with E-state index in [2.05, 4.69) is 9.88 Å². The van der Waals surface area contributed by atoms with Crippen molar-refractivity contribution in [2.45, 2.75) is 0 Å². The van der Waals surface area contributed by atoms with E-state index in [9.17, 15) is 18.6 Å². The van der Waals surface area contributed by atoms with Crippen LogP contribution >= 0.6 is 0 Å². The standard InChI is InChI=1S/C2F2O4.BH3O3.Li.H/c3-7-1(5)2(6)8-4;2-1(3)4;;/h;2-4H;;/q;;+1;-1. The Bertz CT molecular complexity index is 142. The van der Waals surface area contributed by atoms with E-state index in [0.717, 1.165) is 0 Å². The summed E-state index contributed by atoms with van der Waals surface area (Å²) in [4.78, 5) is 23.4. The summed E-state index contributed by atoms with van der Waals surface area (Å²) in [6.45, 7) is 0. The van der Waals surface area contributed by atoms with Crippen LogP contribution in [0.2, 0.25) is 0 Å². The predicted octanol–water partition coefficient (Wildman–Crippen LogP) is -5.09. The molecule has 0 saturated heterocycles. The van der Waals surface area contributed by atoms with Gasteiger partial charge in [0.05, 0.1) is 0 Å². The fraction of sp³-hybridized carbons (Fsp3) is 0. The van der Waals surface area contributed by atoms with Gasteiger partial charge in [0.1, 0.15) is 0 Å². The Hall–Kier alpha value is -0.658. The van der Waals surface area contributed by atoms with Crippen molar-refractivity contribution in [1.29, 1.82) is 0 Å². The van der Waals surface area contributed by atoms with Gasteiger partial charge in [-0.15, -0.1) is 0 Å². The first-order valence-electron chi connectivity index (χ1n) is 2.15. The molecule has 0 aromatic rings. The van der Waals surface area contributed by atoms with E-state index in [1.54, 1.807) is 0 Å². The first kappa shape index (κ1) is 18.2. The summed E-state index contributed by atoms with van der Waals surface area (Å²) in [7, 11) is -2.17. The van der Waals surface area contributed by atoms with E-state index in [0.29, 0.717) is 0 Å². The number of hydrogen-bond donors (Lipinski definition) is 3. The molecule has 3 N–H and O–H groups in total. The number of carbonyl (C=O) groups excluding carboxylic acids is 2. The van der Waals surface area contributed by atoms with Gasteiger partial charge in [0, 0.05) is 9.05 Å². The molecule has 0 unspecified atom stereocenters. The first-order valence-corrected chi connectivity index (χ1v) is 2.15. The molecule has 0 aliphatic rings. The van der Waals surface area contributed by atoms with Crippen LogP contribution in [-0.4, -0.2) is 34.3 Å². The summed E-state index contributed by atoms with van der Waals surface area (Å²) in [5.74, 6) is -4.04. The van der Waals surface area contributed by atoms with Crippen molar-refractivity contribution >= 4 is 19.3 Å². The maximum atomic E-state index is 10.5. The third kappa shape index (κ3) is 18.4. The third-order valence-electron chi connectivity index (χ3n) is 0.307. The molecule has 0 bridgehead atoms. The summed E-state index contributed by atoms with van der Waals surface area (Å²) in [6.07, 6.45) is 0. The number of rotatable bonds is 0. The van der Waals surface area contributed by atoms with Crippen molar-refractivity contribution in [2.75, 3.05) is 0 Å². The van der Waals surface area contributed by atoms with Crippen LogP contribution in [-0.2, 0) is 19.5 Å². The monoisotopic (exact) mass is 196 g/mol. The van der Waals surface area contributed by atoms with Gasteiger partial charge in [-0.1, -0.05) is 0 Å². The molecule has 0 rings (SSSR count). The van der Waals surface area contributed by atoms with Gasteiger partial charge in [0.25, 0.3) is 0 Å². The minimum Gasteiger partial charge on any atom is -1.00 e. The molecule has 0 radical (unpaired) electrons. The maximum absolute atomic E-state index is 10.5. The van der Waals surface area contributed by atoms with Crippen molar-refractivity contribution in [3.63, 3.8) is 0 Å². The first-order chi connectivity index (χ1) is 5.45. The maximum Gasteiger partial charge on any atom is 1.00 e. The van der Waals surface area contributed by atoms with Crippen molar-refractivity contribution in [3.05, 3.63) is 0 Å². The molecule has 0 heterocycles. The molecule has 11 heteroatoms. The largest absolute Gasteiger partial charge is 1.00 e. The molecule has 0 aromatic heterocycles. The molecule has 0 atom stereocenters. The van der Waals surface area contributed by atoms with Crippen LogP contribution in [0.3, 0.4) is 0 Å². The van der Waals surface area contributed by atoms with Crippen LogP contribution in [0.1, 0.15) is 1.43 Å². The molecule has 0 aliphatic heterocycles. The molecule has 13 heavy (non-hydrogen) atoms. The third-order valence-corrected chi connectivity index (χ3v) is 0.307. The van der Waals surface area contributed by atoms with Crippen LogP contribution < -0.4 is 18.9 Å². The normalized spacial score (nSPS) is 6.85. The van der Waals surface area contributed by atoms with Gasteiger partial charge in [-0.25, -0.2) is 19.5 Å². The topological polar surface area (TPSA) is 113 Å². The Balaban J connectivity index is -0.0000000733. The fourth-order valence-corrected chi connectivity index (χ4v) is 0.0630. The molecule has 0 spiro atoms. The van der Waals surface area contributed by atoms with Gasteiger partial charge in [0.2, 0.25) is 0 Å². The summed E-state index contributed by atoms with van der Waals surface area (Å²) in [6, 6.07) is 0. The van der Waals surface area contributed by atoms with Crippen LogP contribution in [0.15, 0.2) is 0 Å². The van der Waals surface area contributed by atoms with E-state index in [-0.39, 0.29) is 20.3 Å². The number of hydrogen-bond acceptors (Lipinski definition) is 7. The Morgan fingerprint density at radius 1 is 1.08 bits per heavy atom. The molecule has 0 aliphatic carbocycles. The van der Waals surface area contributed by atoms with E-state index in [1.165, 1.54) is 0 Å². The Kier molecular flexibility index (Phi) is 15.9. The quantitative estimate of drug-likeness (QED) is 0.262. The van der Waals surface area contributed by atoms with E-state index < -0.39 is 19.3 Å².